The molecule has 0 spiro atoms. The van der Waals surface area contributed by atoms with Gasteiger partial charge in [0, 0.05) is 24.0 Å². The van der Waals surface area contributed by atoms with E-state index in [1.165, 1.54) is 12.1 Å². The van der Waals surface area contributed by atoms with Crippen molar-refractivity contribution in [3.63, 3.8) is 0 Å². The molecule has 0 aromatic heterocycles. The quantitative estimate of drug-likeness (QED) is 0.550. The van der Waals surface area contributed by atoms with Crippen molar-refractivity contribution < 1.29 is 9.18 Å². The number of halogens is 3. The Bertz CT molecular complexity index is 1140. The average Bonchev–Trinajstić information content (AvgIpc) is 3.45. The van der Waals surface area contributed by atoms with Gasteiger partial charge in [0.15, 0.2) is 0 Å². The maximum absolute atomic E-state index is 14.2. The van der Waals surface area contributed by atoms with Gasteiger partial charge in [-0.15, -0.1) is 0 Å². The summed E-state index contributed by atoms with van der Waals surface area (Å²) in [5, 5.41) is 15.1. The van der Waals surface area contributed by atoms with Crippen molar-refractivity contribution >= 4 is 35.3 Å². The molecule has 1 fully saturated rings. The molecule has 2 N–H and O–H groups in total. The van der Waals surface area contributed by atoms with E-state index in [9.17, 15) is 9.18 Å². The van der Waals surface area contributed by atoms with Crippen molar-refractivity contribution in [2.45, 2.75) is 30.3 Å². The van der Waals surface area contributed by atoms with Crippen molar-refractivity contribution in [3.05, 3.63) is 81.4 Å². The lowest BCUT2D eigenvalue weighted by molar-refractivity contribution is 0.0948. The van der Waals surface area contributed by atoms with Crippen LogP contribution in [-0.2, 0) is 5.41 Å². The van der Waals surface area contributed by atoms with Gasteiger partial charge >= 0.3 is 0 Å². The van der Waals surface area contributed by atoms with Gasteiger partial charge in [0.25, 0.3) is 5.91 Å². The molecule has 1 amide bonds. The normalized spacial score (nSPS) is 24.4. The number of benzene rings is 2. The van der Waals surface area contributed by atoms with Crippen LogP contribution < -0.4 is 10.6 Å². The van der Waals surface area contributed by atoms with Gasteiger partial charge in [-0.3, -0.25) is 9.79 Å². The Kier molecular flexibility index (Phi) is 5.27. The van der Waals surface area contributed by atoms with Crippen LogP contribution in [0.15, 0.2) is 53.3 Å². The van der Waals surface area contributed by atoms with Gasteiger partial charge in [-0.2, -0.15) is 5.26 Å². The Hall–Kier alpha value is -2.88. The van der Waals surface area contributed by atoms with E-state index in [-0.39, 0.29) is 17.0 Å². The second-order valence-electron chi connectivity index (χ2n) is 7.35. The minimum atomic E-state index is -0.691. The van der Waals surface area contributed by atoms with Crippen LogP contribution in [0.1, 0.15) is 33.5 Å². The van der Waals surface area contributed by atoms with E-state index in [1.54, 1.807) is 43.6 Å². The lowest BCUT2D eigenvalue weighted by atomic mass is 9.91. The zero-order valence-electron chi connectivity index (χ0n) is 15.9. The van der Waals surface area contributed by atoms with Crippen LogP contribution in [0, 0.1) is 24.1 Å². The Balaban J connectivity index is 1.64. The molecular weight excluding hydrogens is 426 g/mol. The first kappa shape index (κ1) is 20.4. The maximum Gasteiger partial charge on any atom is 0.251 e. The summed E-state index contributed by atoms with van der Waals surface area (Å²) in [6.07, 6.45) is 3.81. The van der Waals surface area contributed by atoms with Gasteiger partial charge in [-0.25, -0.2) is 4.39 Å². The van der Waals surface area contributed by atoms with Crippen LogP contribution >= 0.6 is 23.2 Å². The second-order valence-corrected chi connectivity index (χ2v) is 8.23. The number of hydrogen-bond acceptors (Lipinski definition) is 4. The second kappa shape index (κ2) is 7.75. The molecule has 30 heavy (non-hydrogen) atoms. The predicted molar refractivity (Wildman–Crippen MR) is 114 cm³/mol. The summed E-state index contributed by atoms with van der Waals surface area (Å²) >= 11 is 11.9. The summed E-state index contributed by atoms with van der Waals surface area (Å²) in [5.74, 6) is -0.802. The third-order valence-electron chi connectivity index (χ3n) is 5.49. The van der Waals surface area contributed by atoms with Crippen molar-refractivity contribution in [1.29, 1.82) is 5.26 Å². The van der Waals surface area contributed by atoms with Gasteiger partial charge in [0.2, 0.25) is 0 Å². The van der Waals surface area contributed by atoms with E-state index < -0.39 is 16.7 Å². The highest BCUT2D eigenvalue weighted by Gasteiger charge is 2.59. The fraction of sp³-hybridized carbons (Fsp3) is 0.227. The third-order valence-corrected chi connectivity index (χ3v) is 6.04. The Labute approximate surface area is 183 Å². The first-order valence-electron chi connectivity index (χ1n) is 9.27. The zero-order valence-corrected chi connectivity index (χ0v) is 17.4. The number of nitrogens with zero attached hydrogens (tertiary/aromatic N) is 2. The van der Waals surface area contributed by atoms with E-state index in [4.69, 9.17) is 28.5 Å². The van der Waals surface area contributed by atoms with Crippen LogP contribution in [-0.4, -0.2) is 23.7 Å². The lowest BCUT2D eigenvalue weighted by Gasteiger charge is -2.23. The number of carbonyl (C=O) groups is 1. The van der Waals surface area contributed by atoms with Crippen molar-refractivity contribution in [2.24, 2.45) is 4.99 Å². The fourth-order valence-electron chi connectivity index (χ4n) is 3.76. The van der Waals surface area contributed by atoms with E-state index >= 15 is 0 Å². The Morgan fingerprint density at radius 3 is 2.80 bits per heavy atom. The van der Waals surface area contributed by atoms with Gasteiger partial charge in [-0.05, 0) is 54.8 Å². The number of hydrogen-bond donors (Lipinski definition) is 2. The topological polar surface area (TPSA) is 77.3 Å². The Morgan fingerprint density at radius 1 is 1.37 bits per heavy atom. The molecule has 2 aromatic carbocycles. The summed E-state index contributed by atoms with van der Waals surface area (Å²) in [4.78, 5) is 17.3. The molecule has 0 radical (unpaired) electrons. The molecule has 1 aliphatic heterocycles. The monoisotopic (exact) mass is 442 g/mol. The minimum absolute atomic E-state index is 0.0308. The van der Waals surface area contributed by atoms with Crippen molar-refractivity contribution in [2.75, 3.05) is 0 Å². The molecule has 2 aromatic rings. The molecule has 152 valence electrons. The van der Waals surface area contributed by atoms with Crippen molar-refractivity contribution in [3.8, 4) is 6.07 Å². The molecule has 0 saturated heterocycles. The summed E-state index contributed by atoms with van der Waals surface area (Å²) in [5.41, 5.74) is 1.90. The predicted octanol–water partition coefficient (Wildman–Crippen LogP) is 4.18. The average molecular weight is 443 g/mol. The number of alkyl halides is 1. The van der Waals surface area contributed by atoms with Gasteiger partial charge in [0.1, 0.15) is 11.3 Å². The number of aryl methyl sites for hydroxylation is 1. The fourth-order valence-corrected chi connectivity index (χ4v) is 4.00. The van der Waals surface area contributed by atoms with Crippen LogP contribution in [0.3, 0.4) is 0 Å². The van der Waals surface area contributed by atoms with Gasteiger partial charge < -0.3 is 10.6 Å². The highest BCUT2D eigenvalue weighted by molar-refractivity contribution is 6.30. The summed E-state index contributed by atoms with van der Waals surface area (Å²) in [6.45, 7) is 1.78. The SMILES string of the molecule is Cc1cc(C(=O)NC2CC2(C2=CNC(Cl)C=N2)c2ccc(Cl)c(F)c2)ccc1C#N. The molecular formula is C22H17Cl2FN4O. The summed E-state index contributed by atoms with van der Waals surface area (Å²) in [6, 6.07) is 11.3. The van der Waals surface area contributed by atoms with E-state index in [1.807, 2.05) is 0 Å². The number of aliphatic imine (C=N–C) groups is 1. The molecule has 2 aliphatic rings. The third kappa shape index (κ3) is 3.55. The Morgan fingerprint density at radius 2 is 2.17 bits per heavy atom. The molecule has 4 rings (SSSR count). The molecule has 8 heteroatoms. The number of carbonyl (C=O) groups excluding carboxylic acids is 1. The first-order chi connectivity index (χ1) is 14.3. The molecule has 3 unspecified atom stereocenters. The standard InChI is InChI=1S/C22H17Cl2FN4O/c1-12-6-13(2-3-14(12)9-26)21(30)29-18-8-22(18,19-10-28-20(24)11-27-19)15-4-5-16(23)17(25)7-15/h2-7,10-11,18,20,28H,8H2,1H3,(H,29,30). The van der Waals surface area contributed by atoms with Crippen LogP contribution in [0.2, 0.25) is 5.02 Å². The number of amides is 1. The largest absolute Gasteiger partial charge is 0.369 e. The van der Waals surface area contributed by atoms with Crippen LogP contribution in [0.4, 0.5) is 4.39 Å². The number of rotatable bonds is 4. The van der Waals surface area contributed by atoms with Crippen LogP contribution in [0.25, 0.3) is 0 Å². The first-order valence-corrected chi connectivity index (χ1v) is 10.1. The number of nitriles is 1. The van der Waals surface area contributed by atoms with E-state index in [0.29, 0.717) is 28.8 Å². The lowest BCUT2D eigenvalue weighted by Crippen LogP contribution is -2.34. The highest BCUT2D eigenvalue weighted by atomic mass is 35.5. The molecule has 3 atom stereocenters. The smallest absolute Gasteiger partial charge is 0.251 e. The molecule has 5 nitrogen and oxygen atoms in total. The maximum atomic E-state index is 14.2. The van der Waals surface area contributed by atoms with Crippen LogP contribution in [0.5, 0.6) is 0 Å². The van der Waals surface area contributed by atoms with Crippen molar-refractivity contribution in [1.82, 2.24) is 10.6 Å². The zero-order chi connectivity index (χ0) is 21.5. The minimum Gasteiger partial charge on any atom is -0.369 e. The van der Waals surface area contributed by atoms with Gasteiger partial charge in [-0.1, -0.05) is 29.3 Å². The molecule has 0 bridgehead atoms. The number of nitrogens with one attached hydrogen (secondary N) is 2. The molecule has 1 heterocycles. The van der Waals surface area contributed by atoms with E-state index in [0.717, 1.165) is 5.56 Å². The molecule has 1 aliphatic carbocycles. The van der Waals surface area contributed by atoms with Gasteiger partial charge in [0.05, 0.1) is 27.8 Å². The molecule has 1 saturated carbocycles. The van der Waals surface area contributed by atoms with E-state index in [2.05, 4.69) is 21.7 Å². The summed E-state index contributed by atoms with van der Waals surface area (Å²) < 4.78 is 14.2. The summed E-state index contributed by atoms with van der Waals surface area (Å²) in [7, 11) is 0. The highest BCUT2D eigenvalue weighted by Crippen LogP contribution is 2.55.